The molecule has 1 saturated heterocycles. The van der Waals surface area contributed by atoms with E-state index in [0.29, 0.717) is 11.9 Å². The number of aromatic amines is 1. The molecule has 2 N–H and O–H groups in total. The molecule has 128 valence electrons. The summed E-state index contributed by atoms with van der Waals surface area (Å²) in [6.45, 7) is 1.65. The molecule has 24 heavy (non-hydrogen) atoms. The molecule has 0 radical (unpaired) electrons. The van der Waals surface area contributed by atoms with Gasteiger partial charge in [0.05, 0.1) is 22.5 Å². The highest BCUT2D eigenvalue weighted by Crippen LogP contribution is 2.35. The van der Waals surface area contributed by atoms with E-state index in [-0.39, 0.29) is 11.6 Å². The van der Waals surface area contributed by atoms with Crippen LogP contribution in [-0.4, -0.2) is 38.7 Å². The lowest BCUT2D eigenvalue weighted by Crippen LogP contribution is -2.44. The number of nitrogens with zero attached hydrogens (tertiary/aromatic N) is 2. The van der Waals surface area contributed by atoms with Crippen molar-refractivity contribution in [1.29, 1.82) is 0 Å². The molecule has 2 aromatic rings. The van der Waals surface area contributed by atoms with Gasteiger partial charge in [0, 0.05) is 6.54 Å². The van der Waals surface area contributed by atoms with E-state index < -0.39 is 5.60 Å². The molecule has 0 spiro atoms. The summed E-state index contributed by atoms with van der Waals surface area (Å²) in [5.41, 5.74) is 0.108. The zero-order chi connectivity index (χ0) is 16.6. The van der Waals surface area contributed by atoms with E-state index in [1.807, 2.05) is 24.3 Å². The third-order valence-corrected chi connectivity index (χ3v) is 5.59. The van der Waals surface area contributed by atoms with Crippen LogP contribution in [0.25, 0.3) is 10.9 Å². The molecule has 4 rings (SSSR count). The Bertz CT molecular complexity index is 780. The van der Waals surface area contributed by atoms with Crippen LogP contribution in [0.5, 0.6) is 0 Å². The number of hydrogen-bond donors (Lipinski definition) is 2. The molecule has 1 aliphatic heterocycles. The number of fused-ring (bicyclic) bond motifs is 1. The molecule has 1 aromatic carbocycles. The first-order valence-corrected chi connectivity index (χ1v) is 9.10. The molecule has 1 aromatic heterocycles. The van der Waals surface area contributed by atoms with Gasteiger partial charge in [0.15, 0.2) is 0 Å². The first-order valence-electron chi connectivity index (χ1n) is 9.10. The van der Waals surface area contributed by atoms with Gasteiger partial charge in [-0.2, -0.15) is 0 Å². The Kier molecular flexibility index (Phi) is 4.14. The van der Waals surface area contributed by atoms with Crippen molar-refractivity contribution < 1.29 is 5.11 Å². The molecule has 2 fully saturated rings. The van der Waals surface area contributed by atoms with Crippen LogP contribution in [0.15, 0.2) is 29.1 Å². The van der Waals surface area contributed by atoms with Crippen molar-refractivity contribution >= 4 is 10.9 Å². The lowest BCUT2D eigenvalue weighted by atomic mass is 9.84. The van der Waals surface area contributed by atoms with Gasteiger partial charge in [-0.05, 0) is 44.4 Å². The third-order valence-electron chi connectivity index (χ3n) is 5.59. The summed E-state index contributed by atoms with van der Waals surface area (Å²) in [6.07, 6.45) is 7.29. The summed E-state index contributed by atoms with van der Waals surface area (Å²) in [7, 11) is 0. The number of benzene rings is 1. The van der Waals surface area contributed by atoms with E-state index in [4.69, 9.17) is 4.98 Å². The van der Waals surface area contributed by atoms with Gasteiger partial charge in [0.25, 0.3) is 5.56 Å². The Morgan fingerprint density at radius 2 is 2.00 bits per heavy atom. The highest BCUT2D eigenvalue weighted by molar-refractivity contribution is 5.77. The summed E-state index contributed by atoms with van der Waals surface area (Å²) in [5.74, 6) is 0.746. The van der Waals surface area contributed by atoms with Gasteiger partial charge in [-0.1, -0.05) is 31.4 Å². The fourth-order valence-electron chi connectivity index (χ4n) is 4.33. The van der Waals surface area contributed by atoms with Crippen LogP contribution in [0, 0.1) is 0 Å². The number of rotatable bonds is 3. The van der Waals surface area contributed by atoms with E-state index in [1.54, 1.807) is 0 Å². The highest BCUT2D eigenvalue weighted by atomic mass is 16.3. The van der Waals surface area contributed by atoms with Gasteiger partial charge >= 0.3 is 0 Å². The van der Waals surface area contributed by atoms with E-state index >= 15 is 0 Å². The van der Waals surface area contributed by atoms with Gasteiger partial charge < -0.3 is 10.1 Å². The molecule has 2 aliphatic rings. The van der Waals surface area contributed by atoms with Crippen molar-refractivity contribution in [3.8, 4) is 0 Å². The maximum absolute atomic E-state index is 12.4. The molecule has 2 heterocycles. The Balaban J connectivity index is 1.62. The summed E-state index contributed by atoms with van der Waals surface area (Å²) in [5, 5.41) is 11.5. The van der Waals surface area contributed by atoms with E-state index in [0.717, 1.165) is 56.4 Å². The number of β-amino-alcohol motifs (C(OH)–C–C–N with tert-alkyl or cyclic N) is 1. The average Bonchev–Trinajstić information content (AvgIpc) is 3.03. The van der Waals surface area contributed by atoms with Crippen molar-refractivity contribution in [1.82, 2.24) is 14.9 Å². The van der Waals surface area contributed by atoms with Crippen molar-refractivity contribution in [3.05, 3.63) is 40.4 Å². The molecular weight excluding hydrogens is 302 g/mol. The fraction of sp³-hybridized carbons (Fsp3) is 0.579. The highest BCUT2D eigenvalue weighted by Gasteiger charge is 2.36. The van der Waals surface area contributed by atoms with Crippen LogP contribution >= 0.6 is 0 Å². The van der Waals surface area contributed by atoms with Gasteiger partial charge in [0.1, 0.15) is 5.82 Å². The van der Waals surface area contributed by atoms with Crippen LogP contribution in [0.1, 0.15) is 56.8 Å². The molecule has 5 nitrogen and oxygen atoms in total. The summed E-state index contributed by atoms with van der Waals surface area (Å²) in [6, 6.07) is 7.58. The maximum Gasteiger partial charge on any atom is 0.258 e. The van der Waals surface area contributed by atoms with Gasteiger partial charge in [-0.25, -0.2) is 4.98 Å². The minimum Gasteiger partial charge on any atom is -0.389 e. The molecule has 0 amide bonds. The summed E-state index contributed by atoms with van der Waals surface area (Å²) in [4.78, 5) is 22.4. The number of H-pyrrole nitrogens is 1. The van der Waals surface area contributed by atoms with Crippen LogP contribution in [0.4, 0.5) is 0 Å². The largest absolute Gasteiger partial charge is 0.389 e. The molecule has 1 aliphatic carbocycles. The van der Waals surface area contributed by atoms with Crippen molar-refractivity contribution in [3.63, 3.8) is 0 Å². The first-order chi connectivity index (χ1) is 11.6. The molecule has 1 atom stereocenters. The minimum absolute atomic E-state index is 0.0705. The topological polar surface area (TPSA) is 69.2 Å². The standard InChI is InChI=1S/C19H25N3O2/c23-18-14-7-2-3-8-15(14)20-17(21-18)16-9-6-12-22(16)13-19(24)10-4-1-5-11-19/h2-3,7-8,16,24H,1,4-6,9-13H2,(H,20,21,23). The second-order valence-corrected chi connectivity index (χ2v) is 7.38. The smallest absolute Gasteiger partial charge is 0.258 e. The normalized spacial score (nSPS) is 24.5. The number of hydrogen-bond acceptors (Lipinski definition) is 4. The predicted molar refractivity (Wildman–Crippen MR) is 93.9 cm³/mol. The summed E-state index contributed by atoms with van der Waals surface area (Å²) >= 11 is 0. The number of nitrogens with one attached hydrogen (secondary N) is 1. The lowest BCUT2D eigenvalue weighted by Gasteiger charge is -2.37. The molecule has 0 bridgehead atoms. The first kappa shape index (κ1) is 15.8. The van der Waals surface area contributed by atoms with E-state index in [1.165, 1.54) is 6.42 Å². The van der Waals surface area contributed by atoms with Crippen LogP contribution in [-0.2, 0) is 0 Å². The second kappa shape index (κ2) is 6.30. The predicted octanol–water partition coefficient (Wildman–Crippen LogP) is 2.76. The molecular formula is C19H25N3O2. The number of aliphatic hydroxyl groups is 1. The van der Waals surface area contributed by atoms with Crippen LogP contribution in [0.3, 0.4) is 0 Å². The maximum atomic E-state index is 12.4. The van der Waals surface area contributed by atoms with Crippen LogP contribution < -0.4 is 5.56 Å². The third kappa shape index (κ3) is 2.98. The van der Waals surface area contributed by atoms with Gasteiger partial charge in [-0.3, -0.25) is 9.69 Å². The van der Waals surface area contributed by atoms with E-state index in [2.05, 4.69) is 9.88 Å². The van der Waals surface area contributed by atoms with Crippen molar-refractivity contribution in [2.24, 2.45) is 0 Å². The van der Waals surface area contributed by atoms with Crippen molar-refractivity contribution in [2.75, 3.05) is 13.1 Å². The summed E-state index contributed by atoms with van der Waals surface area (Å²) < 4.78 is 0. The Labute approximate surface area is 141 Å². The zero-order valence-corrected chi connectivity index (χ0v) is 14.0. The Morgan fingerprint density at radius 1 is 1.21 bits per heavy atom. The Hall–Kier alpha value is -1.72. The number of para-hydroxylation sites is 1. The van der Waals surface area contributed by atoms with Crippen molar-refractivity contribution in [2.45, 2.75) is 56.6 Å². The van der Waals surface area contributed by atoms with E-state index in [9.17, 15) is 9.90 Å². The molecule has 1 saturated carbocycles. The number of aromatic nitrogens is 2. The van der Waals surface area contributed by atoms with Gasteiger partial charge in [-0.15, -0.1) is 0 Å². The van der Waals surface area contributed by atoms with Gasteiger partial charge in [0.2, 0.25) is 0 Å². The molecule has 1 unspecified atom stereocenters. The fourth-order valence-corrected chi connectivity index (χ4v) is 4.33. The SMILES string of the molecule is O=c1[nH]c(C2CCCN2CC2(O)CCCCC2)nc2ccccc12. The quantitative estimate of drug-likeness (QED) is 0.909. The number of likely N-dealkylation sites (tertiary alicyclic amines) is 1. The second-order valence-electron chi connectivity index (χ2n) is 7.38. The Morgan fingerprint density at radius 3 is 2.83 bits per heavy atom. The minimum atomic E-state index is -0.571. The monoisotopic (exact) mass is 327 g/mol. The average molecular weight is 327 g/mol. The molecule has 5 heteroatoms. The zero-order valence-electron chi connectivity index (χ0n) is 14.0. The lowest BCUT2D eigenvalue weighted by molar-refractivity contribution is -0.0298. The van der Waals surface area contributed by atoms with Crippen LogP contribution in [0.2, 0.25) is 0 Å².